The van der Waals surface area contributed by atoms with Crippen LogP contribution in [-0.2, 0) is 9.53 Å². The smallest absolute Gasteiger partial charge is 0.408 e. The Labute approximate surface area is 95.9 Å². The third kappa shape index (κ3) is 6.40. The molecule has 0 bridgehead atoms. The molecule has 1 amide bonds. The first-order valence-electron chi connectivity index (χ1n) is 5.59. The van der Waals surface area contributed by atoms with Crippen LogP contribution in [0.3, 0.4) is 0 Å². The highest BCUT2D eigenvalue weighted by Gasteiger charge is 2.21. The summed E-state index contributed by atoms with van der Waals surface area (Å²) in [5, 5.41) is 5.52. The van der Waals surface area contributed by atoms with Crippen molar-refractivity contribution in [2.75, 3.05) is 13.1 Å². The van der Waals surface area contributed by atoms with Crippen molar-refractivity contribution in [2.24, 2.45) is 0 Å². The van der Waals surface area contributed by atoms with Gasteiger partial charge in [-0.2, -0.15) is 0 Å². The van der Waals surface area contributed by atoms with Gasteiger partial charge in [-0.1, -0.05) is 0 Å². The van der Waals surface area contributed by atoms with Gasteiger partial charge in [-0.05, 0) is 33.6 Å². The standard InChI is InChI=1S/C11H20N2O3/c1-11(2,3)16-10(15)13-7-9(14)6-12-8-4-5-8/h8,12H,4-7H2,1-3H3,(H,13,15). The first-order chi connectivity index (χ1) is 7.37. The van der Waals surface area contributed by atoms with E-state index in [1.165, 1.54) is 0 Å². The van der Waals surface area contributed by atoms with E-state index in [1.807, 2.05) is 0 Å². The number of carbonyl (C=O) groups is 2. The van der Waals surface area contributed by atoms with Crippen LogP contribution in [0.15, 0.2) is 0 Å². The van der Waals surface area contributed by atoms with Crippen molar-refractivity contribution in [3.05, 3.63) is 0 Å². The van der Waals surface area contributed by atoms with Crippen molar-refractivity contribution in [3.8, 4) is 0 Å². The Bertz CT molecular complexity index is 267. The molecule has 0 saturated heterocycles. The molecular formula is C11H20N2O3. The van der Waals surface area contributed by atoms with Gasteiger partial charge in [0, 0.05) is 6.04 Å². The zero-order valence-corrected chi connectivity index (χ0v) is 10.1. The predicted octanol–water partition coefficient (Wildman–Crippen LogP) is 0.832. The molecule has 0 spiro atoms. The van der Waals surface area contributed by atoms with E-state index >= 15 is 0 Å². The lowest BCUT2D eigenvalue weighted by Crippen LogP contribution is -2.38. The Morgan fingerprint density at radius 3 is 2.38 bits per heavy atom. The average Bonchev–Trinajstić information content (AvgIpc) is 2.92. The fraction of sp³-hybridized carbons (Fsp3) is 0.818. The maximum atomic E-state index is 11.3. The van der Waals surface area contributed by atoms with E-state index in [2.05, 4.69) is 10.6 Å². The average molecular weight is 228 g/mol. The summed E-state index contributed by atoms with van der Waals surface area (Å²) in [5.74, 6) is -0.0299. The fourth-order valence-electron chi connectivity index (χ4n) is 1.09. The van der Waals surface area contributed by atoms with Crippen LogP contribution in [0.4, 0.5) is 4.79 Å². The molecule has 0 atom stereocenters. The van der Waals surface area contributed by atoms with Crippen LogP contribution >= 0.6 is 0 Å². The van der Waals surface area contributed by atoms with Crippen LogP contribution in [0, 0.1) is 0 Å². The Hall–Kier alpha value is -1.10. The van der Waals surface area contributed by atoms with Gasteiger partial charge in [-0.25, -0.2) is 4.79 Å². The molecule has 2 N–H and O–H groups in total. The molecule has 5 nitrogen and oxygen atoms in total. The lowest BCUT2D eigenvalue weighted by molar-refractivity contribution is -0.117. The van der Waals surface area contributed by atoms with Gasteiger partial charge in [0.25, 0.3) is 0 Å². The van der Waals surface area contributed by atoms with E-state index in [9.17, 15) is 9.59 Å². The summed E-state index contributed by atoms with van der Waals surface area (Å²) in [7, 11) is 0. The van der Waals surface area contributed by atoms with E-state index < -0.39 is 11.7 Å². The van der Waals surface area contributed by atoms with Crippen molar-refractivity contribution >= 4 is 11.9 Å². The molecule has 1 aliphatic rings. The molecule has 0 heterocycles. The molecule has 0 aromatic rings. The van der Waals surface area contributed by atoms with Gasteiger partial charge in [0.05, 0.1) is 13.1 Å². The van der Waals surface area contributed by atoms with Crippen LogP contribution in [0.1, 0.15) is 33.6 Å². The quantitative estimate of drug-likeness (QED) is 0.731. The van der Waals surface area contributed by atoms with E-state index in [1.54, 1.807) is 20.8 Å². The summed E-state index contributed by atoms with van der Waals surface area (Å²) in [6.07, 6.45) is 1.74. The number of amides is 1. The second-order valence-corrected chi connectivity index (χ2v) is 5.05. The van der Waals surface area contributed by atoms with Gasteiger partial charge in [-0.15, -0.1) is 0 Å². The molecule has 0 aromatic heterocycles. The number of alkyl carbamates (subject to hydrolysis) is 1. The molecule has 5 heteroatoms. The van der Waals surface area contributed by atoms with Gasteiger partial charge >= 0.3 is 6.09 Å². The van der Waals surface area contributed by atoms with Crippen molar-refractivity contribution in [3.63, 3.8) is 0 Å². The third-order valence-electron chi connectivity index (χ3n) is 1.99. The fourth-order valence-corrected chi connectivity index (χ4v) is 1.09. The molecule has 1 fully saturated rings. The number of rotatable bonds is 5. The SMILES string of the molecule is CC(C)(C)OC(=O)NCC(=O)CNC1CC1. The highest BCUT2D eigenvalue weighted by atomic mass is 16.6. The number of hydrogen-bond donors (Lipinski definition) is 2. The lowest BCUT2D eigenvalue weighted by Gasteiger charge is -2.19. The topological polar surface area (TPSA) is 67.4 Å². The molecule has 0 radical (unpaired) electrons. The molecule has 0 aliphatic heterocycles. The van der Waals surface area contributed by atoms with Crippen LogP contribution in [-0.4, -0.2) is 36.6 Å². The number of carbonyl (C=O) groups excluding carboxylic acids is 2. The van der Waals surface area contributed by atoms with Gasteiger partial charge in [0.15, 0.2) is 5.78 Å². The summed E-state index contributed by atoms with van der Waals surface area (Å²) in [6, 6.07) is 0.505. The first-order valence-corrected chi connectivity index (χ1v) is 5.59. The van der Waals surface area contributed by atoms with Crippen molar-refractivity contribution in [1.29, 1.82) is 0 Å². The van der Waals surface area contributed by atoms with Crippen LogP contribution < -0.4 is 10.6 Å². The van der Waals surface area contributed by atoms with E-state index in [0.717, 1.165) is 12.8 Å². The van der Waals surface area contributed by atoms with Gasteiger partial charge in [0.2, 0.25) is 0 Å². The Kier molecular flexibility index (Phi) is 4.29. The minimum atomic E-state index is -0.549. The predicted molar refractivity (Wildman–Crippen MR) is 60.3 cm³/mol. The van der Waals surface area contributed by atoms with Crippen LogP contribution in [0.5, 0.6) is 0 Å². The van der Waals surface area contributed by atoms with E-state index in [4.69, 9.17) is 4.74 Å². The van der Waals surface area contributed by atoms with Gasteiger partial charge in [-0.3, -0.25) is 4.79 Å². The third-order valence-corrected chi connectivity index (χ3v) is 1.99. The zero-order valence-electron chi connectivity index (χ0n) is 10.1. The normalized spacial score (nSPS) is 15.7. The summed E-state index contributed by atoms with van der Waals surface area (Å²) in [6.45, 7) is 5.68. The zero-order chi connectivity index (χ0) is 12.2. The molecule has 1 saturated carbocycles. The highest BCUT2D eigenvalue weighted by molar-refractivity contribution is 5.85. The molecule has 1 rings (SSSR count). The van der Waals surface area contributed by atoms with Gasteiger partial charge < -0.3 is 15.4 Å². The van der Waals surface area contributed by atoms with Crippen molar-refractivity contribution < 1.29 is 14.3 Å². The molecule has 0 aromatic carbocycles. The monoisotopic (exact) mass is 228 g/mol. The molecule has 16 heavy (non-hydrogen) atoms. The molecule has 1 aliphatic carbocycles. The van der Waals surface area contributed by atoms with Crippen LogP contribution in [0.2, 0.25) is 0 Å². The number of ketones is 1. The first kappa shape index (κ1) is 13.0. The summed E-state index contributed by atoms with van der Waals surface area (Å²) >= 11 is 0. The largest absolute Gasteiger partial charge is 0.444 e. The van der Waals surface area contributed by atoms with Crippen LogP contribution in [0.25, 0.3) is 0 Å². The second-order valence-electron chi connectivity index (χ2n) is 5.05. The second kappa shape index (κ2) is 5.30. The molecule has 0 unspecified atom stereocenters. The Morgan fingerprint density at radius 1 is 1.25 bits per heavy atom. The summed E-state index contributed by atoms with van der Waals surface area (Å²) < 4.78 is 5.00. The molecule has 92 valence electrons. The molecular weight excluding hydrogens is 208 g/mol. The highest BCUT2D eigenvalue weighted by Crippen LogP contribution is 2.17. The number of ether oxygens (including phenoxy) is 1. The summed E-state index contributed by atoms with van der Waals surface area (Å²) in [4.78, 5) is 22.5. The van der Waals surface area contributed by atoms with E-state index in [-0.39, 0.29) is 12.3 Å². The van der Waals surface area contributed by atoms with Crippen molar-refractivity contribution in [1.82, 2.24) is 10.6 Å². The lowest BCUT2D eigenvalue weighted by atomic mass is 10.2. The Balaban J connectivity index is 2.07. The maximum Gasteiger partial charge on any atom is 0.408 e. The minimum absolute atomic E-state index is 0.0225. The van der Waals surface area contributed by atoms with Gasteiger partial charge in [0.1, 0.15) is 5.60 Å². The number of Topliss-reactive ketones (excluding diaryl/α,β-unsaturated/α-hetero) is 1. The number of nitrogens with one attached hydrogen (secondary N) is 2. The number of hydrogen-bond acceptors (Lipinski definition) is 4. The Morgan fingerprint density at radius 2 is 1.88 bits per heavy atom. The van der Waals surface area contributed by atoms with E-state index in [0.29, 0.717) is 12.6 Å². The van der Waals surface area contributed by atoms with Crippen molar-refractivity contribution in [2.45, 2.75) is 45.3 Å². The maximum absolute atomic E-state index is 11.3. The summed E-state index contributed by atoms with van der Waals surface area (Å²) in [5.41, 5.74) is -0.528. The minimum Gasteiger partial charge on any atom is -0.444 e.